The molecule has 0 bridgehead atoms. The number of carbonyl (C=O) groups excluding carboxylic acids is 2. The van der Waals surface area contributed by atoms with Gasteiger partial charge in [0.15, 0.2) is 0 Å². The molecule has 0 aromatic heterocycles. The largest absolute Gasteiger partial charge is 0.446 e. The van der Waals surface area contributed by atoms with E-state index in [-0.39, 0.29) is 19.2 Å². The van der Waals surface area contributed by atoms with Crippen molar-refractivity contribution in [3.05, 3.63) is 70.4 Å². The molecule has 2 aromatic rings. The van der Waals surface area contributed by atoms with Crippen molar-refractivity contribution in [2.45, 2.75) is 19.1 Å². The minimum Gasteiger partial charge on any atom is -0.446 e. The maximum Gasteiger partial charge on any atom is 0.414 e. The number of anilines is 2. The summed E-state index contributed by atoms with van der Waals surface area (Å²) in [6, 6.07) is 14.1. The van der Waals surface area contributed by atoms with Gasteiger partial charge in [-0.15, -0.1) is 0 Å². The van der Waals surface area contributed by atoms with E-state index in [1.54, 1.807) is 17.0 Å². The van der Waals surface area contributed by atoms with Crippen molar-refractivity contribution in [2.75, 3.05) is 49.1 Å². The summed E-state index contributed by atoms with van der Waals surface area (Å²) in [5, 5.41) is 3.43. The van der Waals surface area contributed by atoms with E-state index in [1.165, 1.54) is 11.0 Å². The molecule has 2 aromatic carbocycles. The highest BCUT2D eigenvalue weighted by Crippen LogP contribution is 2.28. The van der Waals surface area contributed by atoms with Gasteiger partial charge in [-0.1, -0.05) is 35.4 Å². The van der Waals surface area contributed by atoms with E-state index in [0.29, 0.717) is 50.5 Å². The van der Waals surface area contributed by atoms with E-state index in [9.17, 15) is 14.0 Å². The smallest absolute Gasteiger partial charge is 0.414 e. The summed E-state index contributed by atoms with van der Waals surface area (Å²) in [6.07, 6.45) is -0.975. The Kier molecular flexibility index (Phi) is 7.34. The molecule has 2 aliphatic heterocycles. The van der Waals surface area contributed by atoms with E-state index in [1.807, 2.05) is 35.2 Å². The van der Waals surface area contributed by atoms with Crippen LogP contribution in [0.4, 0.5) is 25.4 Å². The third-order valence-electron chi connectivity index (χ3n) is 5.84. The Hall–Kier alpha value is -3.98. The summed E-state index contributed by atoms with van der Waals surface area (Å²) in [4.78, 5) is 32.2. The summed E-state index contributed by atoms with van der Waals surface area (Å²) in [5.41, 5.74) is 10.1. The van der Waals surface area contributed by atoms with Crippen LogP contribution in [0.2, 0.25) is 0 Å². The van der Waals surface area contributed by atoms with Crippen molar-refractivity contribution in [1.82, 2.24) is 4.90 Å². The predicted octanol–water partition coefficient (Wildman–Crippen LogP) is 4.31. The molecule has 0 radical (unpaired) electrons. The molecule has 11 heteroatoms. The van der Waals surface area contributed by atoms with Crippen LogP contribution in [0.3, 0.4) is 0 Å². The molecule has 4 rings (SSSR count). The van der Waals surface area contributed by atoms with Gasteiger partial charge < -0.3 is 19.3 Å². The van der Waals surface area contributed by atoms with Crippen LogP contribution in [0, 0.1) is 5.82 Å². The van der Waals surface area contributed by atoms with Gasteiger partial charge in [0, 0.05) is 44.1 Å². The molecule has 0 spiro atoms. The van der Waals surface area contributed by atoms with Crippen molar-refractivity contribution in [2.24, 2.45) is 5.11 Å². The Balaban J connectivity index is 1.30. The normalized spacial score (nSPS) is 18.2. The fourth-order valence-corrected chi connectivity index (χ4v) is 3.98. The van der Waals surface area contributed by atoms with Crippen LogP contribution in [0.1, 0.15) is 12.0 Å². The Bertz CT molecular complexity index is 1070. The third-order valence-corrected chi connectivity index (χ3v) is 5.84. The number of nitrogens with zero attached hydrogens (tertiary/aromatic N) is 6. The number of rotatable bonds is 6. The monoisotopic (exact) mass is 468 g/mol. The lowest BCUT2D eigenvalue weighted by atomic mass is 10.1. The van der Waals surface area contributed by atoms with Gasteiger partial charge >= 0.3 is 12.2 Å². The first-order valence-corrected chi connectivity index (χ1v) is 11.0. The zero-order chi connectivity index (χ0) is 23.9. The Morgan fingerprint density at radius 3 is 2.59 bits per heavy atom. The number of hydrogen-bond acceptors (Lipinski definition) is 6. The first kappa shape index (κ1) is 23.2. The first-order valence-electron chi connectivity index (χ1n) is 11.0. The average molecular weight is 468 g/mol. The maximum absolute atomic E-state index is 14.9. The van der Waals surface area contributed by atoms with Gasteiger partial charge in [0.1, 0.15) is 18.5 Å². The van der Waals surface area contributed by atoms with Crippen LogP contribution in [0.15, 0.2) is 53.6 Å². The molecule has 0 N–H and O–H groups in total. The molecule has 2 heterocycles. The first-order chi connectivity index (χ1) is 16.5. The predicted molar refractivity (Wildman–Crippen MR) is 123 cm³/mol. The number of piperazine rings is 1. The fraction of sp³-hybridized carbons (Fsp3) is 0.391. The molecular formula is C23H25FN6O4. The highest BCUT2D eigenvalue weighted by Gasteiger charge is 2.29. The SMILES string of the molecule is [N-]=[N+]=NC[C@H]1CCN(c2ccc(N3CCN(C(=O)OCc4ccccc4)CC3)c(F)c2)C(=O)O1. The summed E-state index contributed by atoms with van der Waals surface area (Å²) >= 11 is 0. The topological polar surface area (TPSA) is 111 Å². The summed E-state index contributed by atoms with van der Waals surface area (Å²) < 4.78 is 25.6. The Morgan fingerprint density at radius 2 is 1.91 bits per heavy atom. The van der Waals surface area contributed by atoms with Crippen molar-refractivity contribution in [1.29, 1.82) is 0 Å². The zero-order valence-corrected chi connectivity index (χ0v) is 18.5. The number of halogens is 1. The molecule has 10 nitrogen and oxygen atoms in total. The number of amides is 2. The minimum absolute atomic E-state index is 0.0785. The second-order valence-corrected chi connectivity index (χ2v) is 8.01. The maximum atomic E-state index is 14.9. The molecule has 2 amide bonds. The molecule has 0 aliphatic carbocycles. The molecule has 2 aliphatic rings. The second kappa shape index (κ2) is 10.8. The standard InChI is InChI=1S/C23H25FN6O4/c24-20-14-18(30-9-8-19(15-26-27-25)34-23(30)32)6-7-21(20)28-10-12-29(13-11-28)22(31)33-16-17-4-2-1-3-5-17/h1-7,14,19H,8-13,15-16H2/t19-/m1/s1. The van der Waals surface area contributed by atoms with Gasteiger partial charge in [-0.25, -0.2) is 14.0 Å². The highest BCUT2D eigenvalue weighted by atomic mass is 19.1. The van der Waals surface area contributed by atoms with E-state index >= 15 is 0 Å². The van der Waals surface area contributed by atoms with Crippen LogP contribution in [-0.4, -0.2) is 62.5 Å². The fourth-order valence-electron chi connectivity index (χ4n) is 3.98. The van der Waals surface area contributed by atoms with Crippen LogP contribution in [-0.2, 0) is 16.1 Å². The molecule has 0 saturated carbocycles. The van der Waals surface area contributed by atoms with Crippen molar-refractivity contribution in [3.8, 4) is 0 Å². The van der Waals surface area contributed by atoms with Crippen LogP contribution >= 0.6 is 0 Å². The lowest BCUT2D eigenvalue weighted by Crippen LogP contribution is -2.49. The second-order valence-electron chi connectivity index (χ2n) is 8.01. The summed E-state index contributed by atoms with van der Waals surface area (Å²) in [6.45, 7) is 2.39. The zero-order valence-electron chi connectivity index (χ0n) is 18.5. The number of hydrogen-bond donors (Lipinski definition) is 0. The molecule has 178 valence electrons. The number of carbonyl (C=O) groups is 2. The molecule has 0 unspecified atom stereocenters. The van der Waals surface area contributed by atoms with E-state index in [0.717, 1.165) is 5.56 Å². The van der Waals surface area contributed by atoms with Crippen molar-refractivity contribution in [3.63, 3.8) is 0 Å². The molecular weight excluding hydrogens is 443 g/mol. The molecule has 1 atom stereocenters. The van der Waals surface area contributed by atoms with Gasteiger partial charge in [0.25, 0.3) is 0 Å². The van der Waals surface area contributed by atoms with E-state index < -0.39 is 18.0 Å². The summed E-state index contributed by atoms with van der Waals surface area (Å²) in [7, 11) is 0. The van der Waals surface area contributed by atoms with E-state index in [4.69, 9.17) is 15.0 Å². The van der Waals surface area contributed by atoms with Crippen molar-refractivity contribution < 1.29 is 23.5 Å². The molecule has 34 heavy (non-hydrogen) atoms. The highest BCUT2D eigenvalue weighted by molar-refractivity contribution is 5.88. The van der Waals surface area contributed by atoms with Crippen LogP contribution < -0.4 is 9.80 Å². The Morgan fingerprint density at radius 1 is 1.15 bits per heavy atom. The number of azide groups is 1. The quantitative estimate of drug-likeness (QED) is 0.356. The lowest BCUT2D eigenvalue weighted by molar-refractivity contribution is 0.0887. The van der Waals surface area contributed by atoms with Crippen molar-refractivity contribution >= 4 is 23.6 Å². The lowest BCUT2D eigenvalue weighted by Gasteiger charge is -2.36. The van der Waals surface area contributed by atoms with Crippen LogP contribution in [0.25, 0.3) is 10.4 Å². The summed E-state index contributed by atoms with van der Waals surface area (Å²) in [5.74, 6) is -0.457. The minimum atomic E-state index is -0.598. The molecule has 2 fully saturated rings. The van der Waals surface area contributed by atoms with Gasteiger partial charge in [0.05, 0.1) is 17.9 Å². The average Bonchev–Trinajstić information content (AvgIpc) is 2.87. The van der Waals surface area contributed by atoms with Gasteiger partial charge in [-0.2, -0.15) is 0 Å². The molecule has 2 saturated heterocycles. The van der Waals surface area contributed by atoms with Gasteiger partial charge in [-0.05, 0) is 29.3 Å². The van der Waals surface area contributed by atoms with Gasteiger partial charge in [-0.3, -0.25) is 4.90 Å². The number of ether oxygens (including phenoxy) is 2. The van der Waals surface area contributed by atoms with Gasteiger partial charge in [0.2, 0.25) is 0 Å². The number of benzene rings is 2. The third kappa shape index (κ3) is 5.49. The number of cyclic esters (lactones) is 1. The Labute approximate surface area is 196 Å². The van der Waals surface area contributed by atoms with Crippen LogP contribution in [0.5, 0.6) is 0 Å². The van der Waals surface area contributed by atoms with E-state index in [2.05, 4.69) is 10.0 Å².